The molecule has 0 radical (unpaired) electrons. The number of carbonyl (C=O) groups is 1. The maximum atomic E-state index is 15.0. The summed E-state index contributed by atoms with van der Waals surface area (Å²) >= 11 is 0. The number of benzene rings is 3. The monoisotopic (exact) mass is 502 g/mol. The lowest BCUT2D eigenvalue weighted by molar-refractivity contribution is -0.137. The molecule has 3 aromatic carbocycles. The van der Waals surface area contributed by atoms with E-state index in [-0.39, 0.29) is 5.69 Å². The molecule has 1 aliphatic rings. The highest BCUT2D eigenvalue weighted by atomic mass is 19.4. The maximum absolute atomic E-state index is 15.0. The summed E-state index contributed by atoms with van der Waals surface area (Å²) in [5, 5.41) is 16.1. The quantitative estimate of drug-likeness (QED) is 0.350. The molecule has 4 aromatic rings. The van der Waals surface area contributed by atoms with Crippen molar-refractivity contribution in [3.8, 4) is 17.3 Å². The Balaban J connectivity index is 1.62. The Morgan fingerprint density at radius 1 is 1.05 bits per heavy atom. The van der Waals surface area contributed by atoms with Gasteiger partial charge in [-0.1, -0.05) is 36.4 Å². The summed E-state index contributed by atoms with van der Waals surface area (Å²) in [5.41, 5.74) is 1.53. The van der Waals surface area contributed by atoms with Crippen LogP contribution in [-0.2, 0) is 19.6 Å². The number of carbonyl (C=O) groups excluding carboxylic acids is 1. The molecule has 9 heteroatoms. The average Bonchev–Trinajstić information content (AvgIpc) is 3.47. The molecule has 37 heavy (non-hydrogen) atoms. The van der Waals surface area contributed by atoms with Gasteiger partial charge >= 0.3 is 6.18 Å². The minimum Gasteiger partial charge on any atom is -0.321 e. The van der Waals surface area contributed by atoms with E-state index >= 15 is 0 Å². The molecule has 0 unspecified atom stereocenters. The largest absolute Gasteiger partial charge is 0.417 e. The second-order valence-electron chi connectivity index (χ2n) is 8.58. The Morgan fingerprint density at radius 3 is 2.46 bits per heavy atom. The number of amides is 1. The molecule has 1 aliphatic carbocycles. The second-order valence-corrected chi connectivity index (χ2v) is 8.58. The molecule has 5 rings (SSSR count). The maximum Gasteiger partial charge on any atom is 0.417 e. The zero-order chi connectivity index (χ0) is 26.3. The van der Waals surface area contributed by atoms with Crippen LogP contribution in [0.15, 0.2) is 72.9 Å². The van der Waals surface area contributed by atoms with Crippen molar-refractivity contribution in [3.63, 3.8) is 0 Å². The molecule has 1 aromatic heterocycles. The van der Waals surface area contributed by atoms with Gasteiger partial charge in [0.05, 0.1) is 34.2 Å². The number of rotatable bonds is 4. The number of alkyl halides is 3. The molecule has 0 saturated heterocycles. The molecule has 5 nitrogen and oxygen atoms in total. The molecule has 1 amide bonds. The van der Waals surface area contributed by atoms with Crippen molar-refractivity contribution in [2.45, 2.75) is 12.6 Å². The van der Waals surface area contributed by atoms with Crippen LogP contribution in [0.2, 0.25) is 0 Å². The van der Waals surface area contributed by atoms with Gasteiger partial charge in [0.1, 0.15) is 5.82 Å². The summed E-state index contributed by atoms with van der Waals surface area (Å²) in [7, 11) is 1.54. The minimum absolute atomic E-state index is 0.0436. The lowest BCUT2D eigenvalue weighted by Gasteiger charge is -2.16. The highest BCUT2D eigenvalue weighted by molar-refractivity contribution is 6.07. The Labute approximate surface area is 209 Å². The summed E-state index contributed by atoms with van der Waals surface area (Å²) in [6, 6.07) is 18.9. The van der Waals surface area contributed by atoms with Crippen molar-refractivity contribution in [2.75, 3.05) is 0 Å². The number of aryl methyl sites for hydroxylation is 1. The number of nitriles is 1. The fourth-order valence-electron chi connectivity index (χ4n) is 4.44. The summed E-state index contributed by atoms with van der Waals surface area (Å²) in [5.74, 6) is -2.22. The van der Waals surface area contributed by atoms with Crippen LogP contribution in [0.25, 0.3) is 22.5 Å². The molecule has 0 atom stereocenters. The Kier molecular flexibility index (Phi) is 5.88. The highest BCUT2D eigenvalue weighted by Crippen LogP contribution is 2.40. The number of nitrogens with one attached hydrogen (secondary N) is 1. The van der Waals surface area contributed by atoms with Crippen molar-refractivity contribution in [1.29, 1.82) is 5.26 Å². The number of nitrogens with zero attached hydrogens (tertiary/aromatic N) is 3. The van der Waals surface area contributed by atoms with Crippen molar-refractivity contribution < 1.29 is 22.4 Å². The van der Waals surface area contributed by atoms with Crippen molar-refractivity contribution in [1.82, 2.24) is 15.1 Å². The molecule has 1 heterocycles. The standard InChI is InChI=1S/C28H18F4N4O/c1-36-10-9-25(35-36)21-13-22(24(29)14-23(21)28(30,31)32)27(37)34-26-19-11-16(15-33)7-8-18(19)12-20(26)17-5-3-2-4-6-17/h2-11,13-14H,12H2,1H3,(H,34,37). The first-order valence-electron chi connectivity index (χ1n) is 11.2. The van der Waals surface area contributed by atoms with Gasteiger partial charge in [0.25, 0.3) is 5.91 Å². The zero-order valence-electron chi connectivity index (χ0n) is 19.4. The number of halogens is 4. The Morgan fingerprint density at radius 2 is 1.81 bits per heavy atom. The third-order valence-electron chi connectivity index (χ3n) is 6.18. The number of hydrogen-bond acceptors (Lipinski definition) is 3. The van der Waals surface area contributed by atoms with Gasteiger partial charge in [-0.05, 0) is 47.0 Å². The molecular formula is C28H18F4N4O. The summed E-state index contributed by atoms with van der Waals surface area (Å²) in [4.78, 5) is 13.4. The fraction of sp³-hybridized carbons (Fsp3) is 0.107. The molecule has 1 N–H and O–H groups in total. The first kappa shape index (κ1) is 24.0. The normalized spacial score (nSPS) is 12.9. The molecule has 0 bridgehead atoms. The number of allylic oxidation sites excluding steroid dienone is 1. The van der Waals surface area contributed by atoms with E-state index in [0.717, 1.165) is 22.8 Å². The van der Waals surface area contributed by atoms with E-state index in [0.29, 0.717) is 29.3 Å². The van der Waals surface area contributed by atoms with Crippen molar-refractivity contribution >= 4 is 17.2 Å². The number of aromatic nitrogens is 2. The van der Waals surface area contributed by atoms with Gasteiger partial charge in [-0.3, -0.25) is 9.48 Å². The molecule has 184 valence electrons. The summed E-state index contributed by atoms with van der Waals surface area (Å²) in [6.45, 7) is 0. The van der Waals surface area contributed by atoms with Crippen LogP contribution in [0.5, 0.6) is 0 Å². The highest BCUT2D eigenvalue weighted by Gasteiger charge is 2.36. The average molecular weight is 502 g/mol. The van der Waals surface area contributed by atoms with E-state index in [1.807, 2.05) is 30.3 Å². The van der Waals surface area contributed by atoms with Gasteiger partial charge in [-0.25, -0.2) is 4.39 Å². The third kappa shape index (κ3) is 4.49. The van der Waals surface area contributed by atoms with Crippen molar-refractivity contribution in [2.24, 2.45) is 7.05 Å². The second kappa shape index (κ2) is 9.06. The first-order valence-corrected chi connectivity index (χ1v) is 11.2. The Hall–Kier alpha value is -4.71. The van der Waals surface area contributed by atoms with Gasteiger partial charge in [-0.2, -0.15) is 23.5 Å². The third-order valence-corrected chi connectivity index (χ3v) is 6.18. The zero-order valence-corrected chi connectivity index (χ0v) is 19.4. The summed E-state index contributed by atoms with van der Waals surface area (Å²) in [6.07, 6.45) is -2.95. The van der Waals surface area contributed by atoms with Crippen LogP contribution in [0.4, 0.5) is 17.6 Å². The van der Waals surface area contributed by atoms with Crippen LogP contribution in [-0.4, -0.2) is 15.7 Å². The summed E-state index contributed by atoms with van der Waals surface area (Å²) < 4.78 is 57.5. The van der Waals surface area contributed by atoms with E-state index in [1.54, 1.807) is 25.2 Å². The number of fused-ring (bicyclic) bond motifs is 1. The molecule has 0 saturated carbocycles. The van der Waals surface area contributed by atoms with Crippen LogP contribution >= 0.6 is 0 Å². The van der Waals surface area contributed by atoms with Crippen LogP contribution in [0.1, 0.15) is 38.2 Å². The Bertz CT molecular complexity index is 1610. The SMILES string of the molecule is Cn1ccc(-c2cc(C(=O)NC3=C(c4ccccc4)Cc4ccc(C#N)cc43)c(F)cc2C(F)(F)F)n1. The van der Waals surface area contributed by atoms with Crippen molar-refractivity contribution in [3.05, 3.63) is 112 Å². The lowest BCUT2D eigenvalue weighted by atomic mass is 9.99. The minimum atomic E-state index is -4.86. The van der Waals surface area contributed by atoms with Crippen LogP contribution in [0, 0.1) is 17.1 Å². The van der Waals surface area contributed by atoms with Gasteiger partial charge in [-0.15, -0.1) is 0 Å². The lowest BCUT2D eigenvalue weighted by Crippen LogP contribution is -2.24. The fourth-order valence-corrected chi connectivity index (χ4v) is 4.44. The van der Waals surface area contributed by atoms with E-state index in [4.69, 9.17) is 0 Å². The van der Waals surface area contributed by atoms with E-state index in [1.165, 1.54) is 16.9 Å². The first-order chi connectivity index (χ1) is 17.7. The predicted molar refractivity (Wildman–Crippen MR) is 129 cm³/mol. The molecule has 0 spiro atoms. The van der Waals surface area contributed by atoms with Gasteiger partial charge < -0.3 is 5.32 Å². The van der Waals surface area contributed by atoms with Crippen LogP contribution < -0.4 is 5.32 Å². The smallest absolute Gasteiger partial charge is 0.321 e. The van der Waals surface area contributed by atoms with Gasteiger partial charge in [0.15, 0.2) is 0 Å². The predicted octanol–water partition coefficient (Wildman–Crippen LogP) is 5.97. The van der Waals surface area contributed by atoms with Crippen LogP contribution in [0.3, 0.4) is 0 Å². The number of hydrogen-bond donors (Lipinski definition) is 1. The van der Waals surface area contributed by atoms with E-state index in [9.17, 15) is 27.6 Å². The van der Waals surface area contributed by atoms with Gasteiger partial charge in [0.2, 0.25) is 0 Å². The van der Waals surface area contributed by atoms with E-state index in [2.05, 4.69) is 16.5 Å². The topological polar surface area (TPSA) is 70.7 Å². The molecular weight excluding hydrogens is 484 g/mol. The van der Waals surface area contributed by atoms with E-state index < -0.39 is 34.6 Å². The molecule has 0 aliphatic heterocycles. The van der Waals surface area contributed by atoms with Gasteiger partial charge in [0, 0.05) is 30.8 Å². The molecule has 0 fully saturated rings.